The third kappa shape index (κ3) is 4.41. The summed E-state index contributed by atoms with van der Waals surface area (Å²) in [6.45, 7) is 2.62. The average Bonchev–Trinajstić information content (AvgIpc) is 3.00. The zero-order valence-corrected chi connectivity index (χ0v) is 13.0. The molecule has 1 fully saturated rings. The normalized spacial score (nSPS) is 18.9. The molecule has 0 aliphatic carbocycles. The molecule has 0 unspecified atom stereocenters. The summed E-state index contributed by atoms with van der Waals surface area (Å²) in [5, 5.41) is 26.0. The molecule has 22 heavy (non-hydrogen) atoms. The maximum Gasteiger partial charge on any atom is 0.151 e. The molecule has 0 N–H and O–H groups in total. The molecule has 0 radical (unpaired) electrons. The van der Waals surface area contributed by atoms with E-state index >= 15 is 0 Å². The van der Waals surface area contributed by atoms with E-state index in [-0.39, 0.29) is 5.92 Å². The summed E-state index contributed by atoms with van der Waals surface area (Å²) < 4.78 is 0. The largest absolute Gasteiger partial charge is 0.351 e. The first-order chi connectivity index (χ1) is 10.7. The minimum atomic E-state index is -0.0731. The fourth-order valence-electron chi connectivity index (χ4n) is 3.02. The van der Waals surface area contributed by atoms with E-state index < -0.39 is 0 Å². The number of nitrogens with zero attached hydrogens (tertiary/aromatic N) is 6. The Labute approximate surface area is 132 Å². The van der Waals surface area contributed by atoms with Crippen LogP contribution in [-0.2, 0) is 0 Å². The summed E-state index contributed by atoms with van der Waals surface area (Å²) >= 11 is 0. The van der Waals surface area contributed by atoms with Crippen molar-refractivity contribution in [1.82, 2.24) is 15.1 Å². The highest BCUT2D eigenvalue weighted by Crippen LogP contribution is 2.23. The van der Waals surface area contributed by atoms with E-state index in [1.165, 1.54) is 0 Å². The predicted molar refractivity (Wildman–Crippen MR) is 83.8 cm³/mol. The Hall–Kier alpha value is -2.18. The summed E-state index contributed by atoms with van der Waals surface area (Å²) in [7, 11) is 2.05. The zero-order valence-electron chi connectivity index (χ0n) is 13.0. The van der Waals surface area contributed by atoms with Crippen molar-refractivity contribution < 1.29 is 0 Å². The summed E-state index contributed by atoms with van der Waals surface area (Å²) in [5.41, 5.74) is 0. The van der Waals surface area contributed by atoms with Gasteiger partial charge in [0.15, 0.2) is 5.82 Å². The quantitative estimate of drug-likeness (QED) is 0.764. The highest BCUT2D eigenvalue weighted by Gasteiger charge is 2.27. The Kier molecular flexibility index (Phi) is 6.12. The molecule has 0 bridgehead atoms. The highest BCUT2D eigenvalue weighted by atomic mass is 15.3. The van der Waals surface area contributed by atoms with Gasteiger partial charge in [0.05, 0.1) is 18.1 Å². The van der Waals surface area contributed by atoms with Crippen LogP contribution >= 0.6 is 0 Å². The third-order valence-corrected chi connectivity index (χ3v) is 4.07. The van der Waals surface area contributed by atoms with Crippen LogP contribution in [0.25, 0.3) is 0 Å². The summed E-state index contributed by atoms with van der Waals surface area (Å²) in [6, 6.07) is 8.74. The van der Waals surface area contributed by atoms with Crippen LogP contribution in [-0.4, -0.2) is 47.8 Å². The van der Waals surface area contributed by atoms with Crippen molar-refractivity contribution in [2.75, 3.05) is 31.6 Å². The van der Waals surface area contributed by atoms with E-state index in [2.05, 4.69) is 32.1 Å². The van der Waals surface area contributed by atoms with Crippen LogP contribution in [0.2, 0.25) is 0 Å². The second kappa shape index (κ2) is 8.31. The molecule has 1 aromatic rings. The van der Waals surface area contributed by atoms with Crippen molar-refractivity contribution in [3.63, 3.8) is 0 Å². The molecular formula is C16H22N6. The maximum atomic E-state index is 9.18. The van der Waals surface area contributed by atoms with Crippen LogP contribution in [0, 0.1) is 28.6 Å². The molecule has 0 amide bonds. The lowest BCUT2D eigenvalue weighted by molar-refractivity contribution is 0.279. The second-order valence-corrected chi connectivity index (χ2v) is 5.82. The molecule has 2 atom stereocenters. The SMILES string of the molecule is CN(C[C@@H](C#N)CCC#N)C[C@H]1CCCN1c1cccnn1. The van der Waals surface area contributed by atoms with E-state index in [4.69, 9.17) is 5.26 Å². The monoisotopic (exact) mass is 298 g/mol. The first-order valence-electron chi connectivity index (χ1n) is 7.74. The summed E-state index contributed by atoms with van der Waals surface area (Å²) in [4.78, 5) is 4.50. The van der Waals surface area contributed by atoms with Crippen molar-refractivity contribution in [3.05, 3.63) is 18.3 Å². The Bertz CT molecular complexity index is 532. The molecule has 0 saturated carbocycles. The molecule has 1 aromatic heterocycles. The van der Waals surface area contributed by atoms with Crippen LogP contribution < -0.4 is 4.90 Å². The van der Waals surface area contributed by atoms with Crippen LogP contribution in [0.5, 0.6) is 0 Å². The van der Waals surface area contributed by atoms with Gasteiger partial charge in [-0.15, -0.1) is 5.10 Å². The molecule has 116 valence electrons. The van der Waals surface area contributed by atoms with Gasteiger partial charge in [0.25, 0.3) is 0 Å². The number of anilines is 1. The van der Waals surface area contributed by atoms with Gasteiger partial charge in [-0.25, -0.2) is 0 Å². The number of aromatic nitrogens is 2. The van der Waals surface area contributed by atoms with E-state index in [1.54, 1.807) is 6.20 Å². The predicted octanol–water partition coefficient (Wildman–Crippen LogP) is 1.82. The number of rotatable bonds is 7. The van der Waals surface area contributed by atoms with Gasteiger partial charge in [0.2, 0.25) is 0 Å². The molecule has 6 heteroatoms. The number of nitriles is 2. The van der Waals surface area contributed by atoms with E-state index in [0.717, 1.165) is 31.7 Å². The molecule has 1 aliphatic heterocycles. The Balaban J connectivity index is 1.89. The van der Waals surface area contributed by atoms with Crippen molar-refractivity contribution in [1.29, 1.82) is 10.5 Å². The molecule has 2 heterocycles. The Morgan fingerprint density at radius 3 is 3.05 bits per heavy atom. The molecule has 1 saturated heterocycles. The fourth-order valence-corrected chi connectivity index (χ4v) is 3.02. The lowest BCUT2D eigenvalue weighted by atomic mass is 10.0. The van der Waals surface area contributed by atoms with E-state index in [0.29, 0.717) is 25.4 Å². The van der Waals surface area contributed by atoms with Crippen molar-refractivity contribution in [2.45, 2.75) is 31.7 Å². The molecule has 2 rings (SSSR count). The van der Waals surface area contributed by atoms with E-state index in [9.17, 15) is 5.26 Å². The lowest BCUT2D eigenvalue weighted by Gasteiger charge is -2.29. The van der Waals surface area contributed by atoms with Gasteiger partial charge in [-0.1, -0.05) is 0 Å². The highest BCUT2D eigenvalue weighted by molar-refractivity contribution is 5.39. The molecule has 1 aliphatic rings. The lowest BCUT2D eigenvalue weighted by Crippen LogP contribution is -2.40. The first-order valence-corrected chi connectivity index (χ1v) is 7.74. The van der Waals surface area contributed by atoms with Gasteiger partial charge in [0.1, 0.15) is 0 Å². The molecule has 6 nitrogen and oxygen atoms in total. The van der Waals surface area contributed by atoms with E-state index in [1.807, 2.05) is 19.2 Å². The zero-order chi connectivity index (χ0) is 15.8. The summed E-state index contributed by atoms with van der Waals surface area (Å²) in [6.07, 6.45) is 5.08. The number of hydrogen-bond acceptors (Lipinski definition) is 6. The van der Waals surface area contributed by atoms with Crippen LogP contribution in [0.15, 0.2) is 18.3 Å². The Morgan fingerprint density at radius 2 is 2.36 bits per heavy atom. The van der Waals surface area contributed by atoms with Gasteiger partial charge in [0, 0.05) is 38.3 Å². The van der Waals surface area contributed by atoms with Crippen molar-refractivity contribution in [3.8, 4) is 12.1 Å². The van der Waals surface area contributed by atoms with Crippen LogP contribution in [0.3, 0.4) is 0 Å². The molecule has 0 spiro atoms. The third-order valence-electron chi connectivity index (χ3n) is 4.07. The summed E-state index contributed by atoms with van der Waals surface area (Å²) in [5.74, 6) is 0.857. The standard InChI is InChI=1S/C16H22N6/c1-21(12-14(11-18)5-2-8-17)13-15-6-4-10-22(15)16-7-3-9-19-20-16/h3,7,9,14-15H,2,4-6,10,12-13H2,1H3/t14-,15-/m1/s1. The second-order valence-electron chi connectivity index (χ2n) is 5.82. The first kappa shape index (κ1) is 16.2. The number of likely N-dealkylation sites (N-methyl/N-ethyl adjacent to an activating group) is 1. The van der Waals surface area contributed by atoms with Crippen molar-refractivity contribution >= 4 is 5.82 Å². The minimum Gasteiger partial charge on any atom is -0.351 e. The average molecular weight is 298 g/mol. The fraction of sp³-hybridized carbons (Fsp3) is 0.625. The maximum absolute atomic E-state index is 9.18. The number of hydrogen-bond donors (Lipinski definition) is 0. The van der Waals surface area contributed by atoms with Gasteiger partial charge in [-0.3, -0.25) is 0 Å². The van der Waals surface area contributed by atoms with Crippen LogP contribution in [0.4, 0.5) is 5.82 Å². The molecular weight excluding hydrogens is 276 g/mol. The van der Waals surface area contributed by atoms with Crippen molar-refractivity contribution in [2.24, 2.45) is 5.92 Å². The Morgan fingerprint density at radius 1 is 1.50 bits per heavy atom. The minimum absolute atomic E-state index is 0.0731. The van der Waals surface area contributed by atoms with Crippen LogP contribution in [0.1, 0.15) is 25.7 Å². The van der Waals surface area contributed by atoms with Gasteiger partial charge >= 0.3 is 0 Å². The van der Waals surface area contributed by atoms with Gasteiger partial charge in [-0.05, 0) is 38.4 Å². The van der Waals surface area contributed by atoms with Gasteiger partial charge in [-0.2, -0.15) is 15.6 Å². The van der Waals surface area contributed by atoms with Gasteiger partial charge < -0.3 is 9.80 Å². The topological polar surface area (TPSA) is 79.8 Å². The molecule has 0 aromatic carbocycles. The smallest absolute Gasteiger partial charge is 0.151 e.